The molecular formula is C20H28F3N3O6S. The molecule has 2 heterocycles. The van der Waals surface area contributed by atoms with Crippen molar-refractivity contribution in [2.24, 2.45) is 10.7 Å². The molecule has 1 aromatic rings. The predicted molar refractivity (Wildman–Crippen MR) is 116 cm³/mol. The van der Waals surface area contributed by atoms with Crippen molar-refractivity contribution in [3.63, 3.8) is 0 Å². The van der Waals surface area contributed by atoms with E-state index in [1.807, 2.05) is 0 Å². The van der Waals surface area contributed by atoms with E-state index in [4.69, 9.17) is 24.4 Å². The molecule has 0 aliphatic carbocycles. The van der Waals surface area contributed by atoms with Crippen molar-refractivity contribution in [3.8, 4) is 5.75 Å². The van der Waals surface area contributed by atoms with Gasteiger partial charge in [0, 0.05) is 31.5 Å². The number of nitrogens with one attached hydrogen (secondary N) is 1. The zero-order valence-electron chi connectivity index (χ0n) is 18.8. The lowest BCUT2D eigenvalue weighted by Gasteiger charge is -2.28. The maximum Gasteiger partial charge on any atom is 0.389 e. The molecule has 0 spiro atoms. The van der Waals surface area contributed by atoms with Crippen LogP contribution in [0.3, 0.4) is 0 Å². The third kappa shape index (κ3) is 7.19. The molecule has 1 aliphatic rings. The Kier molecular flexibility index (Phi) is 8.96. The third-order valence-corrected chi connectivity index (χ3v) is 6.04. The van der Waals surface area contributed by atoms with Gasteiger partial charge in [-0.25, -0.2) is 9.79 Å². The van der Waals surface area contributed by atoms with Gasteiger partial charge in [0.15, 0.2) is 5.66 Å². The fourth-order valence-corrected chi connectivity index (χ4v) is 4.29. The van der Waals surface area contributed by atoms with Gasteiger partial charge in [-0.3, -0.25) is 10.5 Å². The summed E-state index contributed by atoms with van der Waals surface area (Å²) in [6.45, 7) is 5.81. The first kappa shape index (κ1) is 27.2. The molecular weight excluding hydrogens is 467 g/mol. The van der Waals surface area contributed by atoms with Crippen LogP contribution in [0, 0.1) is 0 Å². The minimum atomic E-state index is -4.49. The van der Waals surface area contributed by atoms with Crippen LogP contribution in [0.5, 0.6) is 5.75 Å². The average Bonchev–Trinajstić information content (AvgIpc) is 3.14. The molecule has 0 unspecified atom stereocenters. The number of hydrogen-bond donors (Lipinski definition) is 2. The Hall–Kier alpha value is -2.09. The van der Waals surface area contributed by atoms with Crippen molar-refractivity contribution in [1.82, 2.24) is 5.32 Å². The maximum absolute atomic E-state index is 13.0. The minimum absolute atomic E-state index is 0.0119. The van der Waals surface area contributed by atoms with Gasteiger partial charge < -0.3 is 23.9 Å². The Morgan fingerprint density at radius 3 is 2.52 bits per heavy atom. The zero-order chi connectivity index (χ0) is 24.9. The number of halogens is 3. The van der Waals surface area contributed by atoms with Gasteiger partial charge in [-0.1, -0.05) is 0 Å². The van der Waals surface area contributed by atoms with Crippen molar-refractivity contribution >= 4 is 22.7 Å². The molecule has 13 heteroatoms. The van der Waals surface area contributed by atoms with Crippen molar-refractivity contribution in [2.75, 3.05) is 26.1 Å². The van der Waals surface area contributed by atoms with E-state index in [2.05, 4.69) is 10.3 Å². The number of ether oxygens (including phenoxy) is 3. The summed E-state index contributed by atoms with van der Waals surface area (Å²) in [6.07, 6.45) is -6.30. The minimum Gasteiger partial charge on any atom is -0.496 e. The highest BCUT2D eigenvalue weighted by atomic mass is 32.2. The molecule has 2 rings (SSSR count). The van der Waals surface area contributed by atoms with Crippen LogP contribution in [-0.4, -0.2) is 54.7 Å². The van der Waals surface area contributed by atoms with E-state index in [9.17, 15) is 22.8 Å². The van der Waals surface area contributed by atoms with Crippen LogP contribution in [0.1, 0.15) is 45.4 Å². The molecule has 3 N–H and O–H groups in total. The lowest BCUT2D eigenvalue weighted by atomic mass is 10.1. The number of aliphatic imine (C=N–C) groups is 1. The second-order valence-electron chi connectivity index (χ2n) is 7.34. The van der Waals surface area contributed by atoms with Gasteiger partial charge in [0.2, 0.25) is 5.79 Å². The molecule has 33 heavy (non-hydrogen) atoms. The van der Waals surface area contributed by atoms with E-state index in [-0.39, 0.29) is 17.3 Å². The SMILES string of the molecule is CCOC(C)(OCC)C1=N[C@](N)(C(=O)N[C@H](CCC(F)(F)F)c2cc(OC)cc(=O)o2)CS1. The molecule has 9 nitrogen and oxygen atoms in total. The van der Waals surface area contributed by atoms with Crippen LogP contribution in [0.25, 0.3) is 0 Å². The van der Waals surface area contributed by atoms with E-state index in [0.29, 0.717) is 18.3 Å². The Labute approximate surface area is 193 Å². The van der Waals surface area contributed by atoms with E-state index >= 15 is 0 Å². The molecule has 0 saturated heterocycles. The summed E-state index contributed by atoms with van der Waals surface area (Å²) in [5.74, 6) is -2.15. The number of carbonyl (C=O) groups is 1. The van der Waals surface area contributed by atoms with Crippen molar-refractivity contribution in [1.29, 1.82) is 0 Å². The van der Waals surface area contributed by atoms with Crippen molar-refractivity contribution in [3.05, 3.63) is 28.3 Å². The third-order valence-electron chi connectivity index (χ3n) is 4.72. The number of amides is 1. The smallest absolute Gasteiger partial charge is 0.389 e. The normalized spacial score (nSPS) is 19.8. The highest BCUT2D eigenvalue weighted by Crippen LogP contribution is 2.34. The monoisotopic (exact) mass is 495 g/mol. The Morgan fingerprint density at radius 1 is 1.33 bits per heavy atom. The largest absolute Gasteiger partial charge is 0.496 e. The molecule has 186 valence electrons. The molecule has 0 saturated carbocycles. The molecule has 2 atom stereocenters. The number of hydrogen-bond acceptors (Lipinski definition) is 9. The summed E-state index contributed by atoms with van der Waals surface area (Å²) in [4.78, 5) is 29.1. The van der Waals surface area contributed by atoms with Crippen molar-refractivity contribution < 1.29 is 36.6 Å². The topological polar surface area (TPSA) is 125 Å². The number of nitrogens with two attached hydrogens (primary N) is 1. The first-order valence-electron chi connectivity index (χ1n) is 10.2. The molecule has 0 bridgehead atoms. The predicted octanol–water partition coefficient (Wildman–Crippen LogP) is 2.74. The van der Waals surface area contributed by atoms with Gasteiger partial charge in [-0.05, 0) is 27.2 Å². The molecule has 0 radical (unpaired) electrons. The number of nitrogens with zero attached hydrogens (tertiary/aromatic N) is 1. The van der Waals surface area contributed by atoms with E-state index < -0.39 is 48.0 Å². The van der Waals surface area contributed by atoms with Gasteiger partial charge >= 0.3 is 11.8 Å². The van der Waals surface area contributed by atoms with E-state index in [1.165, 1.54) is 13.2 Å². The number of thioether (sulfide) groups is 1. The van der Waals surface area contributed by atoms with Gasteiger partial charge in [0.05, 0.1) is 19.2 Å². The molecule has 1 amide bonds. The van der Waals surface area contributed by atoms with Crippen molar-refractivity contribution in [2.45, 2.75) is 57.3 Å². The summed E-state index contributed by atoms with van der Waals surface area (Å²) < 4.78 is 60.0. The zero-order valence-corrected chi connectivity index (χ0v) is 19.6. The van der Waals surface area contributed by atoms with Gasteiger partial charge in [0.1, 0.15) is 16.6 Å². The van der Waals surface area contributed by atoms with Gasteiger partial charge in [-0.15, -0.1) is 11.8 Å². The Bertz CT molecular complexity index is 917. The fourth-order valence-electron chi connectivity index (χ4n) is 3.13. The summed E-state index contributed by atoms with van der Waals surface area (Å²) in [5, 5.41) is 2.79. The maximum atomic E-state index is 13.0. The second-order valence-corrected chi connectivity index (χ2v) is 8.30. The van der Waals surface area contributed by atoms with E-state index in [1.54, 1.807) is 20.8 Å². The lowest BCUT2D eigenvalue weighted by Crippen LogP contribution is -2.54. The highest BCUT2D eigenvalue weighted by Gasteiger charge is 2.46. The van der Waals surface area contributed by atoms with Crippen LogP contribution in [0.2, 0.25) is 0 Å². The summed E-state index contributed by atoms with van der Waals surface area (Å²) in [7, 11) is 1.29. The quantitative estimate of drug-likeness (QED) is 0.449. The molecule has 1 aromatic heterocycles. The number of rotatable bonds is 11. The van der Waals surface area contributed by atoms with Crippen LogP contribution in [0.15, 0.2) is 26.3 Å². The summed E-state index contributed by atoms with van der Waals surface area (Å²) in [5.41, 5.74) is 3.58. The summed E-state index contributed by atoms with van der Waals surface area (Å²) in [6, 6.07) is 0.977. The molecule has 1 aliphatic heterocycles. The highest BCUT2D eigenvalue weighted by molar-refractivity contribution is 8.14. The van der Waals surface area contributed by atoms with Crippen LogP contribution in [-0.2, 0) is 14.3 Å². The molecule has 0 aromatic carbocycles. The van der Waals surface area contributed by atoms with Crippen LogP contribution < -0.4 is 21.4 Å². The molecule has 0 fully saturated rings. The number of alkyl halides is 3. The standard InChI is InChI=1S/C20H28F3N3O6S/c1-5-30-18(3,31-6-2)17-26-19(24,11-33-17)16(28)25-13(7-8-20(21,22)23)14-9-12(29-4)10-15(27)32-14/h9-10,13H,5-8,11,24H2,1-4H3,(H,25,28)/t13-,19+/m1/s1. The van der Waals surface area contributed by atoms with E-state index in [0.717, 1.165) is 17.8 Å². The fraction of sp³-hybridized carbons (Fsp3) is 0.650. The van der Waals surface area contributed by atoms with Crippen LogP contribution in [0.4, 0.5) is 13.2 Å². The Balaban J connectivity index is 2.32. The summed E-state index contributed by atoms with van der Waals surface area (Å²) >= 11 is 1.15. The number of carbonyl (C=O) groups excluding carboxylic acids is 1. The number of methoxy groups -OCH3 is 1. The average molecular weight is 496 g/mol. The Morgan fingerprint density at radius 2 is 1.97 bits per heavy atom. The second kappa shape index (κ2) is 10.9. The van der Waals surface area contributed by atoms with Crippen LogP contribution >= 0.6 is 11.8 Å². The lowest BCUT2D eigenvalue weighted by molar-refractivity contribution is -0.169. The van der Waals surface area contributed by atoms with Gasteiger partial charge in [0.25, 0.3) is 5.91 Å². The van der Waals surface area contributed by atoms with Gasteiger partial charge in [-0.2, -0.15) is 13.2 Å². The first-order valence-corrected chi connectivity index (χ1v) is 11.2. The first-order chi connectivity index (χ1) is 15.4.